The predicted molar refractivity (Wildman–Crippen MR) is 84.8 cm³/mol. The first-order valence-electron chi connectivity index (χ1n) is 8.90. The van der Waals surface area contributed by atoms with E-state index in [2.05, 4.69) is 15.3 Å². The highest BCUT2D eigenvalue weighted by atomic mass is 16.2. The van der Waals surface area contributed by atoms with Gasteiger partial charge in [0.25, 0.3) is 5.91 Å². The molecule has 3 aliphatic rings. The summed E-state index contributed by atoms with van der Waals surface area (Å²) in [6.07, 6.45) is 10.6. The van der Waals surface area contributed by atoms with Gasteiger partial charge in [0.2, 0.25) is 0 Å². The van der Waals surface area contributed by atoms with Gasteiger partial charge in [-0.2, -0.15) is 5.10 Å². The quantitative estimate of drug-likeness (QED) is 0.931. The van der Waals surface area contributed by atoms with Crippen LogP contribution < -0.4 is 5.32 Å². The van der Waals surface area contributed by atoms with Crippen LogP contribution in [0.2, 0.25) is 0 Å². The zero-order valence-electron chi connectivity index (χ0n) is 13.2. The summed E-state index contributed by atoms with van der Waals surface area (Å²) >= 11 is 0. The van der Waals surface area contributed by atoms with Gasteiger partial charge in [-0.1, -0.05) is 6.42 Å². The molecule has 2 unspecified atom stereocenters. The van der Waals surface area contributed by atoms with Crippen LogP contribution in [0.5, 0.6) is 0 Å². The van der Waals surface area contributed by atoms with E-state index in [1.807, 2.05) is 16.9 Å². The summed E-state index contributed by atoms with van der Waals surface area (Å²) in [5.74, 6) is 0.896. The minimum absolute atomic E-state index is 0.150. The molecule has 0 bridgehead atoms. The van der Waals surface area contributed by atoms with Crippen LogP contribution in [-0.4, -0.2) is 46.3 Å². The van der Waals surface area contributed by atoms with Gasteiger partial charge in [0.15, 0.2) is 0 Å². The molecule has 0 aromatic carbocycles. The molecule has 3 fully saturated rings. The lowest BCUT2D eigenvalue weighted by molar-refractivity contribution is 0.0619. The van der Waals surface area contributed by atoms with Crippen LogP contribution in [0.3, 0.4) is 0 Å². The molecule has 4 rings (SSSR count). The Kier molecular flexibility index (Phi) is 3.90. The molecule has 1 saturated carbocycles. The fourth-order valence-electron chi connectivity index (χ4n) is 4.22. The standard InChI is InChI=1S/C17H26N4O/c22-17(20-10-3-7-16(20)13-4-1-5-13)15-8-11-21(19-15)14-6-2-9-18-12-14/h8,11,13-14,16,18H,1-7,9-10,12H2. The number of carbonyl (C=O) groups is 1. The van der Waals surface area contributed by atoms with Gasteiger partial charge in [-0.05, 0) is 57.1 Å². The van der Waals surface area contributed by atoms with Crippen LogP contribution in [-0.2, 0) is 0 Å². The van der Waals surface area contributed by atoms with Gasteiger partial charge in [0.05, 0.1) is 6.04 Å². The highest BCUT2D eigenvalue weighted by molar-refractivity contribution is 5.92. The molecule has 5 heteroatoms. The first-order valence-corrected chi connectivity index (χ1v) is 8.90. The number of likely N-dealkylation sites (tertiary alicyclic amines) is 1. The van der Waals surface area contributed by atoms with Crippen LogP contribution in [0, 0.1) is 5.92 Å². The number of piperidine rings is 1. The molecule has 2 aliphatic heterocycles. The number of aromatic nitrogens is 2. The maximum absolute atomic E-state index is 12.8. The topological polar surface area (TPSA) is 50.2 Å². The summed E-state index contributed by atoms with van der Waals surface area (Å²) in [6.45, 7) is 2.97. The Morgan fingerprint density at radius 1 is 1.18 bits per heavy atom. The van der Waals surface area contributed by atoms with Gasteiger partial charge in [-0.3, -0.25) is 9.48 Å². The second kappa shape index (κ2) is 6.03. The minimum Gasteiger partial charge on any atom is -0.334 e. The highest BCUT2D eigenvalue weighted by Gasteiger charge is 2.38. The van der Waals surface area contributed by atoms with E-state index < -0.39 is 0 Å². The summed E-state index contributed by atoms with van der Waals surface area (Å²) in [7, 11) is 0. The normalized spacial score (nSPS) is 29.5. The number of rotatable bonds is 3. The molecular formula is C17H26N4O. The molecule has 3 heterocycles. The molecule has 1 aromatic heterocycles. The molecule has 5 nitrogen and oxygen atoms in total. The Hall–Kier alpha value is -1.36. The van der Waals surface area contributed by atoms with Crippen molar-refractivity contribution in [3.63, 3.8) is 0 Å². The van der Waals surface area contributed by atoms with Gasteiger partial charge in [-0.25, -0.2) is 0 Å². The molecule has 0 spiro atoms. The van der Waals surface area contributed by atoms with Gasteiger partial charge in [0, 0.05) is 25.3 Å². The number of nitrogens with zero attached hydrogens (tertiary/aromatic N) is 3. The van der Waals surface area contributed by atoms with E-state index in [0.717, 1.165) is 38.4 Å². The number of carbonyl (C=O) groups excluding carboxylic acids is 1. The summed E-state index contributed by atoms with van der Waals surface area (Å²) in [4.78, 5) is 14.9. The largest absolute Gasteiger partial charge is 0.334 e. The van der Waals surface area contributed by atoms with E-state index in [-0.39, 0.29) is 5.91 Å². The van der Waals surface area contributed by atoms with Crippen molar-refractivity contribution < 1.29 is 4.79 Å². The van der Waals surface area contributed by atoms with Gasteiger partial charge < -0.3 is 10.2 Å². The van der Waals surface area contributed by atoms with Crippen molar-refractivity contribution in [2.75, 3.05) is 19.6 Å². The molecular weight excluding hydrogens is 276 g/mol. The fraction of sp³-hybridized carbons (Fsp3) is 0.765. The summed E-state index contributed by atoms with van der Waals surface area (Å²) in [6, 6.07) is 2.78. The Balaban J connectivity index is 1.46. The molecule has 120 valence electrons. The lowest BCUT2D eigenvalue weighted by Gasteiger charge is -2.36. The van der Waals surface area contributed by atoms with Crippen LogP contribution in [0.15, 0.2) is 12.3 Å². The van der Waals surface area contributed by atoms with Crippen molar-refractivity contribution in [1.82, 2.24) is 20.0 Å². The monoisotopic (exact) mass is 302 g/mol. The number of hydrogen-bond acceptors (Lipinski definition) is 3. The van der Waals surface area contributed by atoms with Gasteiger partial charge >= 0.3 is 0 Å². The average Bonchev–Trinajstić information content (AvgIpc) is 3.15. The van der Waals surface area contributed by atoms with Crippen molar-refractivity contribution in [2.45, 2.75) is 57.0 Å². The SMILES string of the molecule is O=C(c1ccn(C2CCCNC2)n1)N1CCCC1C1CCC1. The first-order chi connectivity index (χ1) is 10.8. The second-order valence-corrected chi connectivity index (χ2v) is 7.08. The molecule has 1 amide bonds. The van der Waals surface area contributed by atoms with E-state index in [4.69, 9.17) is 0 Å². The lowest BCUT2D eigenvalue weighted by atomic mass is 9.79. The number of hydrogen-bond donors (Lipinski definition) is 1. The Morgan fingerprint density at radius 2 is 2.09 bits per heavy atom. The van der Waals surface area contributed by atoms with Crippen LogP contribution in [0.1, 0.15) is 61.5 Å². The van der Waals surface area contributed by atoms with Gasteiger partial charge in [0.1, 0.15) is 5.69 Å². The molecule has 0 radical (unpaired) electrons. The summed E-state index contributed by atoms with van der Waals surface area (Å²) in [5.41, 5.74) is 0.636. The predicted octanol–water partition coefficient (Wildman–Crippen LogP) is 2.21. The van der Waals surface area contributed by atoms with Crippen molar-refractivity contribution in [3.05, 3.63) is 18.0 Å². The maximum Gasteiger partial charge on any atom is 0.274 e. The number of amides is 1. The van der Waals surface area contributed by atoms with E-state index in [1.54, 1.807) is 0 Å². The van der Waals surface area contributed by atoms with Crippen molar-refractivity contribution in [2.24, 2.45) is 5.92 Å². The summed E-state index contributed by atoms with van der Waals surface area (Å²) < 4.78 is 1.99. The van der Waals surface area contributed by atoms with Crippen molar-refractivity contribution in [3.8, 4) is 0 Å². The van der Waals surface area contributed by atoms with Crippen molar-refractivity contribution in [1.29, 1.82) is 0 Å². The van der Waals surface area contributed by atoms with Crippen LogP contribution in [0.4, 0.5) is 0 Å². The van der Waals surface area contributed by atoms with Crippen molar-refractivity contribution >= 4 is 5.91 Å². The minimum atomic E-state index is 0.150. The van der Waals surface area contributed by atoms with E-state index in [1.165, 1.54) is 32.1 Å². The Labute approximate surface area is 132 Å². The molecule has 1 aliphatic carbocycles. The summed E-state index contributed by atoms with van der Waals surface area (Å²) in [5, 5.41) is 8.01. The van der Waals surface area contributed by atoms with E-state index in [9.17, 15) is 4.79 Å². The average molecular weight is 302 g/mol. The zero-order valence-corrected chi connectivity index (χ0v) is 13.2. The third kappa shape index (κ3) is 2.56. The molecule has 22 heavy (non-hydrogen) atoms. The number of nitrogens with one attached hydrogen (secondary N) is 1. The second-order valence-electron chi connectivity index (χ2n) is 7.08. The first kappa shape index (κ1) is 14.2. The molecule has 1 aromatic rings. The van der Waals surface area contributed by atoms with E-state index >= 15 is 0 Å². The van der Waals surface area contributed by atoms with Gasteiger partial charge in [-0.15, -0.1) is 0 Å². The molecule has 1 N–H and O–H groups in total. The maximum atomic E-state index is 12.8. The third-order valence-electron chi connectivity index (χ3n) is 5.73. The van der Waals surface area contributed by atoms with Crippen LogP contribution >= 0.6 is 0 Å². The highest BCUT2D eigenvalue weighted by Crippen LogP contribution is 2.37. The molecule has 2 atom stereocenters. The molecule has 2 saturated heterocycles. The Morgan fingerprint density at radius 3 is 2.82 bits per heavy atom. The smallest absolute Gasteiger partial charge is 0.274 e. The lowest BCUT2D eigenvalue weighted by Crippen LogP contribution is -2.42. The Bertz CT molecular complexity index is 531. The zero-order chi connectivity index (χ0) is 14.9. The third-order valence-corrected chi connectivity index (χ3v) is 5.73. The van der Waals surface area contributed by atoms with Crippen LogP contribution in [0.25, 0.3) is 0 Å². The fourth-order valence-corrected chi connectivity index (χ4v) is 4.22. The van der Waals surface area contributed by atoms with E-state index in [0.29, 0.717) is 17.8 Å².